The summed E-state index contributed by atoms with van der Waals surface area (Å²) in [6, 6.07) is 14.4. The number of aromatic amines is 1. The van der Waals surface area contributed by atoms with Crippen molar-refractivity contribution >= 4 is 33.9 Å². The largest absolute Gasteiger partial charge is 0.361 e. The van der Waals surface area contributed by atoms with Crippen molar-refractivity contribution in [3.05, 3.63) is 53.2 Å². The average molecular weight is 211 g/mol. The maximum Gasteiger partial charge on any atom is 0.0547 e. The summed E-state index contributed by atoms with van der Waals surface area (Å²) in [5, 5.41) is 3.53. The number of hydrogen-bond acceptors (Lipinski definition) is 1. The standard InChI is InChI=1S/C13H9NS/c15-11-5-1-3-9-6-7-10-4-2-8-14-13(10)12(9)11/h1-8,14H. The molecule has 0 bridgehead atoms. The van der Waals surface area contributed by atoms with Crippen LogP contribution in [0.5, 0.6) is 0 Å². The molecule has 3 rings (SSSR count). The van der Waals surface area contributed by atoms with Crippen LogP contribution in [-0.2, 0) is 0 Å². The summed E-state index contributed by atoms with van der Waals surface area (Å²) in [5.41, 5.74) is 1.13. The van der Waals surface area contributed by atoms with Gasteiger partial charge in [0.05, 0.1) is 5.52 Å². The lowest BCUT2D eigenvalue weighted by Gasteiger charge is -2.03. The van der Waals surface area contributed by atoms with Crippen LogP contribution in [-0.4, -0.2) is 4.98 Å². The molecule has 72 valence electrons. The summed E-state index contributed by atoms with van der Waals surface area (Å²) < 4.78 is 0.903. The van der Waals surface area contributed by atoms with Crippen molar-refractivity contribution in [3.8, 4) is 0 Å². The third-order valence-corrected chi connectivity index (χ3v) is 2.98. The fourth-order valence-electron chi connectivity index (χ4n) is 1.94. The molecule has 0 unspecified atom stereocenters. The van der Waals surface area contributed by atoms with E-state index in [1.807, 2.05) is 24.4 Å². The fraction of sp³-hybridized carbons (Fsp3) is 0. The van der Waals surface area contributed by atoms with E-state index in [1.165, 1.54) is 10.8 Å². The summed E-state index contributed by atoms with van der Waals surface area (Å²) in [4.78, 5) is 3.27. The van der Waals surface area contributed by atoms with Crippen LogP contribution >= 0.6 is 12.2 Å². The quantitative estimate of drug-likeness (QED) is 0.438. The monoisotopic (exact) mass is 211 g/mol. The van der Waals surface area contributed by atoms with Crippen molar-refractivity contribution in [2.24, 2.45) is 0 Å². The van der Waals surface area contributed by atoms with Gasteiger partial charge in [0.25, 0.3) is 0 Å². The second-order valence-corrected chi connectivity index (χ2v) is 3.99. The highest BCUT2D eigenvalue weighted by Gasteiger charge is 2.00. The summed E-state index contributed by atoms with van der Waals surface area (Å²) in [6.07, 6.45) is 1.93. The molecule has 2 aromatic carbocycles. The van der Waals surface area contributed by atoms with E-state index >= 15 is 0 Å². The van der Waals surface area contributed by atoms with Crippen LogP contribution in [0.1, 0.15) is 0 Å². The first-order valence-corrected chi connectivity index (χ1v) is 5.26. The van der Waals surface area contributed by atoms with E-state index in [2.05, 4.69) is 29.2 Å². The van der Waals surface area contributed by atoms with E-state index in [9.17, 15) is 0 Å². The molecule has 15 heavy (non-hydrogen) atoms. The highest BCUT2D eigenvalue weighted by molar-refractivity contribution is 7.71. The zero-order chi connectivity index (χ0) is 10.3. The topological polar surface area (TPSA) is 15.8 Å². The predicted octanol–water partition coefficient (Wildman–Crippen LogP) is 4.05. The SMILES string of the molecule is S=c1cccc2ccc3ccc[nH]c3c12. The predicted molar refractivity (Wildman–Crippen MR) is 66.6 cm³/mol. The van der Waals surface area contributed by atoms with Gasteiger partial charge in [0.15, 0.2) is 0 Å². The fourth-order valence-corrected chi connectivity index (χ4v) is 2.24. The van der Waals surface area contributed by atoms with E-state index in [0.717, 1.165) is 15.4 Å². The van der Waals surface area contributed by atoms with Crippen LogP contribution in [0, 0.1) is 4.51 Å². The molecule has 0 aliphatic rings. The molecule has 1 aromatic heterocycles. The van der Waals surface area contributed by atoms with E-state index in [1.54, 1.807) is 0 Å². The first kappa shape index (κ1) is 8.62. The van der Waals surface area contributed by atoms with Crippen LogP contribution in [0.2, 0.25) is 0 Å². The molecule has 1 N–H and O–H groups in total. The van der Waals surface area contributed by atoms with Gasteiger partial charge in [0, 0.05) is 16.1 Å². The maximum absolute atomic E-state index is 5.36. The Labute approximate surface area is 92.4 Å². The minimum atomic E-state index is 0.903. The number of pyridine rings is 1. The third kappa shape index (κ3) is 1.26. The van der Waals surface area contributed by atoms with E-state index in [0.29, 0.717) is 0 Å². The van der Waals surface area contributed by atoms with Gasteiger partial charge in [-0.1, -0.05) is 42.5 Å². The van der Waals surface area contributed by atoms with Crippen molar-refractivity contribution in [2.45, 2.75) is 0 Å². The number of aromatic nitrogens is 1. The van der Waals surface area contributed by atoms with Crippen LogP contribution in [0.25, 0.3) is 21.7 Å². The Hall–Kier alpha value is -1.67. The first-order valence-electron chi connectivity index (χ1n) is 4.85. The number of hydrogen-bond donors (Lipinski definition) is 1. The van der Waals surface area contributed by atoms with E-state index in [4.69, 9.17) is 12.2 Å². The number of benzene rings is 2. The number of H-pyrrole nitrogens is 1. The van der Waals surface area contributed by atoms with E-state index < -0.39 is 0 Å². The molecule has 3 aromatic rings. The lowest BCUT2D eigenvalue weighted by Crippen LogP contribution is -1.81. The molecular formula is C13H9NS. The molecule has 0 saturated carbocycles. The van der Waals surface area contributed by atoms with Crippen LogP contribution in [0.15, 0.2) is 48.7 Å². The van der Waals surface area contributed by atoms with Crippen LogP contribution in [0.3, 0.4) is 0 Å². The van der Waals surface area contributed by atoms with Crippen molar-refractivity contribution < 1.29 is 0 Å². The zero-order valence-electron chi connectivity index (χ0n) is 8.03. The molecular weight excluding hydrogens is 202 g/mol. The minimum absolute atomic E-state index is 0.903. The van der Waals surface area contributed by atoms with Crippen molar-refractivity contribution in [1.29, 1.82) is 0 Å². The third-order valence-electron chi connectivity index (χ3n) is 2.64. The zero-order valence-corrected chi connectivity index (χ0v) is 8.84. The van der Waals surface area contributed by atoms with Gasteiger partial charge in [-0.05, 0) is 22.9 Å². The van der Waals surface area contributed by atoms with Crippen molar-refractivity contribution in [2.75, 3.05) is 0 Å². The molecule has 0 fully saturated rings. The van der Waals surface area contributed by atoms with Crippen LogP contribution in [0.4, 0.5) is 0 Å². The van der Waals surface area contributed by atoms with Gasteiger partial charge < -0.3 is 4.98 Å². The Morgan fingerprint density at radius 1 is 0.867 bits per heavy atom. The van der Waals surface area contributed by atoms with Gasteiger partial charge in [0.1, 0.15) is 0 Å². The second kappa shape index (κ2) is 3.17. The van der Waals surface area contributed by atoms with Gasteiger partial charge in [-0.3, -0.25) is 0 Å². The number of rotatable bonds is 0. The molecule has 0 atom stereocenters. The Morgan fingerprint density at radius 3 is 2.60 bits per heavy atom. The van der Waals surface area contributed by atoms with Gasteiger partial charge in [0.2, 0.25) is 0 Å². The molecule has 0 aliphatic carbocycles. The number of fused-ring (bicyclic) bond motifs is 3. The minimum Gasteiger partial charge on any atom is -0.361 e. The van der Waals surface area contributed by atoms with Gasteiger partial charge >= 0.3 is 0 Å². The summed E-state index contributed by atoms with van der Waals surface area (Å²) in [5.74, 6) is 0. The Kier molecular flexibility index (Phi) is 1.82. The Bertz CT molecular complexity index is 697. The number of nitrogens with one attached hydrogen (secondary N) is 1. The van der Waals surface area contributed by atoms with Crippen molar-refractivity contribution in [3.63, 3.8) is 0 Å². The van der Waals surface area contributed by atoms with Gasteiger partial charge in [-0.15, -0.1) is 0 Å². The average Bonchev–Trinajstić information content (AvgIpc) is 2.29. The lowest BCUT2D eigenvalue weighted by atomic mass is 10.1. The molecule has 1 heterocycles. The molecule has 0 radical (unpaired) electrons. The smallest absolute Gasteiger partial charge is 0.0547 e. The highest BCUT2D eigenvalue weighted by Crippen LogP contribution is 2.24. The summed E-state index contributed by atoms with van der Waals surface area (Å²) >= 11 is 5.36. The van der Waals surface area contributed by atoms with E-state index in [-0.39, 0.29) is 0 Å². The molecule has 0 amide bonds. The molecule has 0 spiro atoms. The highest BCUT2D eigenvalue weighted by atomic mass is 32.1. The second-order valence-electron chi connectivity index (χ2n) is 3.55. The molecule has 2 heteroatoms. The van der Waals surface area contributed by atoms with Crippen molar-refractivity contribution in [1.82, 2.24) is 4.98 Å². The van der Waals surface area contributed by atoms with Gasteiger partial charge in [-0.25, -0.2) is 0 Å². The Morgan fingerprint density at radius 2 is 1.67 bits per heavy atom. The molecule has 1 nitrogen and oxygen atoms in total. The van der Waals surface area contributed by atoms with Crippen LogP contribution < -0.4 is 0 Å². The lowest BCUT2D eigenvalue weighted by molar-refractivity contribution is 1.43. The summed E-state index contributed by atoms with van der Waals surface area (Å²) in [6.45, 7) is 0. The Balaban J connectivity index is 2.70. The normalized spacial score (nSPS) is 10.9. The summed E-state index contributed by atoms with van der Waals surface area (Å²) in [7, 11) is 0. The molecule has 0 saturated heterocycles. The van der Waals surface area contributed by atoms with Gasteiger partial charge in [-0.2, -0.15) is 0 Å². The molecule has 0 aliphatic heterocycles. The first-order chi connectivity index (χ1) is 7.36. The maximum atomic E-state index is 5.36.